The molecule has 2 rings (SSSR count). The topological polar surface area (TPSA) is 81.7 Å². The molecule has 1 N–H and O–H groups in total. The largest absolute Gasteiger partial charge is 0.455 e. The van der Waals surface area contributed by atoms with Crippen LogP contribution in [0.4, 0.5) is 8.78 Å². The molecule has 0 radical (unpaired) electrons. The minimum atomic E-state index is -2.96. The Balaban J connectivity index is 1.78. The van der Waals surface area contributed by atoms with E-state index in [2.05, 4.69) is 10.1 Å². The van der Waals surface area contributed by atoms with Crippen molar-refractivity contribution in [2.24, 2.45) is 5.92 Å². The van der Waals surface area contributed by atoms with E-state index in [-0.39, 0.29) is 17.2 Å². The molecule has 2 amide bonds. The van der Waals surface area contributed by atoms with Crippen molar-refractivity contribution in [1.29, 1.82) is 0 Å². The highest BCUT2D eigenvalue weighted by atomic mass is 19.3. The van der Waals surface area contributed by atoms with Crippen molar-refractivity contribution in [3.63, 3.8) is 0 Å². The summed E-state index contributed by atoms with van der Waals surface area (Å²) in [4.78, 5) is 35.3. The van der Waals surface area contributed by atoms with E-state index in [0.717, 1.165) is 6.42 Å². The summed E-state index contributed by atoms with van der Waals surface area (Å²) in [7, 11) is 0. The highest BCUT2D eigenvalue weighted by Gasteiger charge is 2.21. The normalized spacial score (nSPS) is 16.4. The van der Waals surface area contributed by atoms with E-state index in [0.29, 0.717) is 12.8 Å². The molecule has 25 heavy (non-hydrogen) atoms. The highest BCUT2D eigenvalue weighted by molar-refractivity contribution is 6.05. The number of halogens is 2. The fraction of sp³-hybridized carbons (Fsp3) is 0.353. The smallest absolute Gasteiger partial charge is 0.387 e. The van der Waals surface area contributed by atoms with Crippen molar-refractivity contribution in [2.45, 2.75) is 25.9 Å². The Morgan fingerprint density at radius 3 is 2.48 bits per heavy atom. The van der Waals surface area contributed by atoms with Gasteiger partial charge in [-0.1, -0.05) is 12.2 Å². The quantitative estimate of drug-likeness (QED) is 0.627. The molecule has 0 spiro atoms. The van der Waals surface area contributed by atoms with Gasteiger partial charge in [-0.05, 0) is 43.5 Å². The molecule has 8 heteroatoms. The Bertz CT molecular complexity index is 658. The summed E-state index contributed by atoms with van der Waals surface area (Å²) in [5.41, 5.74) is 0.0821. The molecule has 0 aromatic heterocycles. The first-order valence-electron chi connectivity index (χ1n) is 7.66. The second-order valence-corrected chi connectivity index (χ2v) is 5.37. The zero-order valence-electron chi connectivity index (χ0n) is 13.2. The lowest BCUT2D eigenvalue weighted by molar-refractivity contribution is -0.152. The number of carbonyl (C=O) groups excluding carboxylic acids is 3. The first-order chi connectivity index (χ1) is 12.0. The standard InChI is InChI=1S/C17H17F2NO5/c18-17(19)25-13-8-6-11(7-9-13)15(22)20-14(21)10-24-16(23)12-4-2-1-3-5-12/h1-2,6-9,12,17H,3-5,10H2,(H,20,21,22). The van der Waals surface area contributed by atoms with Gasteiger partial charge < -0.3 is 9.47 Å². The molecule has 0 saturated heterocycles. The third-order valence-corrected chi connectivity index (χ3v) is 3.54. The maximum Gasteiger partial charge on any atom is 0.387 e. The van der Waals surface area contributed by atoms with E-state index >= 15 is 0 Å². The van der Waals surface area contributed by atoms with Crippen molar-refractivity contribution in [3.8, 4) is 5.75 Å². The van der Waals surface area contributed by atoms with Crippen molar-refractivity contribution in [2.75, 3.05) is 6.61 Å². The Morgan fingerprint density at radius 1 is 1.16 bits per heavy atom. The van der Waals surface area contributed by atoms with Crippen LogP contribution in [0.3, 0.4) is 0 Å². The maximum atomic E-state index is 12.0. The molecule has 1 atom stereocenters. The van der Waals surface area contributed by atoms with Gasteiger partial charge in [0.25, 0.3) is 11.8 Å². The van der Waals surface area contributed by atoms with Crippen LogP contribution in [-0.2, 0) is 14.3 Å². The second-order valence-electron chi connectivity index (χ2n) is 5.37. The summed E-state index contributed by atoms with van der Waals surface area (Å²) in [6.45, 7) is -3.52. The van der Waals surface area contributed by atoms with Crippen molar-refractivity contribution in [1.82, 2.24) is 5.32 Å². The van der Waals surface area contributed by atoms with Gasteiger partial charge in [-0.2, -0.15) is 8.78 Å². The van der Waals surface area contributed by atoms with E-state index in [4.69, 9.17) is 4.74 Å². The van der Waals surface area contributed by atoms with Crippen molar-refractivity contribution >= 4 is 17.8 Å². The van der Waals surface area contributed by atoms with Crippen LogP contribution in [0.5, 0.6) is 5.75 Å². The summed E-state index contributed by atoms with van der Waals surface area (Å²) in [5.74, 6) is -2.34. The van der Waals surface area contributed by atoms with Crippen LogP contribution in [0.2, 0.25) is 0 Å². The lowest BCUT2D eigenvalue weighted by atomic mass is 9.95. The van der Waals surface area contributed by atoms with E-state index < -0.39 is 31.0 Å². The van der Waals surface area contributed by atoms with Crippen LogP contribution < -0.4 is 10.1 Å². The van der Waals surface area contributed by atoms with Gasteiger partial charge in [0.15, 0.2) is 6.61 Å². The average molecular weight is 353 g/mol. The third-order valence-electron chi connectivity index (χ3n) is 3.54. The van der Waals surface area contributed by atoms with Crippen LogP contribution in [0.1, 0.15) is 29.6 Å². The predicted molar refractivity (Wildman–Crippen MR) is 83.0 cm³/mol. The molecule has 0 bridgehead atoms. The number of hydrogen-bond acceptors (Lipinski definition) is 5. The van der Waals surface area contributed by atoms with E-state index in [1.165, 1.54) is 24.3 Å². The summed E-state index contributed by atoms with van der Waals surface area (Å²) >= 11 is 0. The van der Waals surface area contributed by atoms with Gasteiger partial charge in [-0.25, -0.2) is 0 Å². The van der Waals surface area contributed by atoms with Gasteiger partial charge >= 0.3 is 12.6 Å². The number of amides is 2. The van der Waals surface area contributed by atoms with Crippen LogP contribution in [0, 0.1) is 5.92 Å². The van der Waals surface area contributed by atoms with E-state index in [9.17, 15) is 23.2 Å². The second kappa shape index (κ2) is 8.91. The minimum absolute atomic E-state index is 0.0821. The van der Waals surface area contributed by atoms with E-state index in [1.807, 2.05) is 12.2 Å². The number of imide groups is 1. The summed E-state index contributed by atoms with van der Waals surface area (Å²) < 4.78 is 33.2. The molecule has 1 aromatic carbocycles. The van der Waals surface area contributed by atoms with Crippen molar-refractivity contribution < 1.29 is 32.6 Å². The molecule has 1 unspecified atom stereocenters. The monoisotopic (exact) mass is 353 g/mol. The van der Waals surface area contributed by atoms with Gasteiger partial charge in [0.2, 0.25) is 0 Å². The summed E-state index contributed by atoms with van der Waals surface area (Å²) in [5, 5.41) is 2.06. The molecular formula is C17H17F2NO5. The Labute approximate surface area is 142 Å². The number of carbonyl (C=O) groups is 3. The van der Waals surface area contributed by atoms with Crippen LogP contribution in [-0.4, -0.2) is 31.0 Å². The molecule has 0 aliphatic heterocycles. The van der Waals surface area contributed by atoms with Crippen LogP contribution in [0.25, 0.3) is 0 Å². The molecular weight excluding hydrogens is 336 g/mol. The van der Waals surface area contributed by atoms with Gasteiger partial charge in [0.1, 0.15) is 5.75 Å². The zero-order valence-corrected chi connectivity index (χ0v) is 13.2. The third kappa shape index (κ3) is 5.98. The fourth-order valence-electron chi connectivity index (χ4n) is 2.28. The SMILES string of the molecule is O=C(COC(=O)C1CC=CCC1)NC(=O)c1ccc(OC(F)F)cc1. The maximum absolute atomic E-state index is 12.0. The predicted octanol–water partition coefficient (Wildman–Crippen LogP) is 2.44. The number of nitrogens with one attached hydrogen (secondary N) is 1. The molecule has 0 saturated carbocycles. The number of ether oxygens (including phenoxy) is 2. The van der Waals surface area contributed by atoms with Crippen LogP contribution >= 0.6 is 0 Å². The minimum Gasteiger partial charge on any atom is -0.455 e. The zero-order chi connectivity index (χ0) is 18.2. The Hall–Kier alpha value is -2.77. The van der Waals surface area contributed by atoms with Crippen molar-refractivity contribution in [3.05, 3.63) is 42.0 Å². The molecule has 134 valence electrons. The lowest BCUT2D eigenvalue weighted by Crippen LogP contribution is -2.35. The van der Waals surface area contributed by atoms with Gasteiger partial charge in [-0.3, -0.25) is 19.7 Å². The molecule has 0 heterocycles. The number of rotatable bonds is 6. The number of hydrogen-bond donors (Lipinski definition) is 1. The number of allylic oxidation sites excluding steroid dienone is 2. The number of esters is 1. The summed E-state index contributed by atoms with van der Waals surface area (Å²) in [6.07, 6.45) is 5.90. The molecule has 6 nitrogen and oxygen atoms in total. The first kappa shape index (κ1) is 18.6. The van der Waals surface area contributed by atoms with Gasteiger partial charge in [-0.15, -0.1) is 0 Å². The Morgan fingerprint density at radius 2 is 1.88 bits per heavy atom. The van der Waals surface area contributed by atoms with Gasteiger partial charge in [0, 0.05) is 5.56 Å². The lowest BCUT2D eigenvalue weighted by Gasteiger charge is -2.16. The summed E-state index contributed by atoms with van der Waals surface area (Å²) in [6, 6.07) is 4.84. The number of benzene rings is 1. The Kier molecular flexibility index (Phi) is 6.62. The average Bonchev–Trinajstić information content (AvgIpc) is 2.60. The molecule has 0 fully saturated rings. The molecule has 1 aliphatic carbocycles. The van der Waals surface area contributed by atoms with Gasteiger partial charge in [0.05, 0.1) is 5.92 Å². The first-order valence-corrected chi connectivity index (χ1v) is 7.66. The molecule has 1 aliphatic rings. The molecule has 1 aromatic rings. The van der Waals surface area contributed by atoms with E-state index in [1.54, 1.807) is 0 Å². The number of alkyl halides is 2. The highest BCUT2D eigenvalue weighted by Crippen LogP contribution is 2.19. The fourth-order valence-corrected chi connectivity index (χ4v) is 2.28. The van der Waals surface area contributed by atoms with Crippen LogP contribution in [0.15, 0.2) is 36.4 Å².